The van der Waals surface area contributed by atoms with E-state index in [1.165, 1.54) is 28.2 Å². The number of carbonyl (C=O) groups is 2. The van der Waals surface area contributed by atoms with Crippen LogP contribution in [0.4, 0.5) is 0 Å². The molecule has 2 aromatic rings. The number of hydrogen-bond donors (Lipinski definition) is 1. The summed E-state index contributed by atoms with van der Waals surface area (Å²) < 4.78 is 33.5. The average molecular weight is 420 g/mol. The summed E-state index contributed by atoms with van der Waals surface area (Å²) in [6.45, 7) is 2.58. The molecule has 29 heavy (non-hydrogen) atoms. The average Bonchev–Trinajstić information content (AvgIpc) is 3.34. The fraction of sp³-hybridized carbons (Fsp3) is 0.400. The van der Waals surface area contributed by atoms with Crippen molar-refractivity contribution in [3.05, 3.63) is 53.3 Å². The van der Waals surface area contributed by atoms with Gasteiger partial charge in [-0.3, -0.25) is 4.79 Å². The van der Waals surface area contributed by atoms with E-state index in [4.69, 9.17) is 0 Å². The molecule has 1 saturated heterocycles. The molecule has 0 spiro atoms. The van der Waals surface area contributed by atoms with Crippen LogP contribution in [0.3, 0.4) is 0 Å². The molecule has 0 radical (unpaired) electrons. The van der Waals surface area contributed by atoms with Crippen LogP contribution in [0, 0.1) is 6.92 Å². The predicted molar refractivity (Wildman–Crippen MR) is 107 cm³/mol. The highest BCUT2D eigenvalue weighted by Gasteiger charge is 2.40. The largest absolute Gasteiger partial charge is 0.464 e. The van der Waals surface area contributed by atoms with Crippen molar-refractivity contribution in [2.75, 3.05) is 13.7 Å². The van der Waals surface area contributed by atoms with Crippen molar-refractivity contribution in [2.45, 2.75) is 37.2 Å². The summed E-state index contributed by atoms with van der Waals surface area (Å²) >= 11 is 0. The lowest BCUT2D eigenvalue weighted by atomic mass is 10.1. The fourth-order valence-corrected chi connectivity index (χ4v) is 5.15. The zero-order chi connectivity index (χ0) is 21.2. The standard InChI is InChI=1S/C20H25N3O5S/c1-14-6-8-15(9-7-14)12-21-19(24)17-5-4-10-23(17)29(26,27)16-11-18(20(25)28-3)22(2)13-16/h6-9,11,13,17H,4-5,10,12H2,1-3H3,(H,21,24). The van der Waals surface area contributed by atoms with Gasteiger partial charge in [-0.05, 0) is 31.4 Å². The Bertz CT molecular complexity index is 1010. The minimum atomic E-state index is -3.92. The lowest BCUT2D eigenvalue weighted by Crippen LogP contribution is -2.45. The van der Waals surface area contributed by atoms with Crippen LogP contribution in [-0.4, -0.2) is 48.9 Å². The van der Waals surface area contributed by atoms with Crippen molar-refractivity contribution in [3.8, 4) is 0 Å². The van der Waals surface area contributed by atoms with Crippen LogP contribution in [0.1, 0.15) is 34.5 Å². The van der Waals surface area contributed by atoms with Crippen LogP contribution in [0.2, 0.25) is 0 Å². The van der Waals surface area contributed by atoms with E-state index in [0.717, 1.165) is 11.1 Å². The minimum Gasteiger partial charge on any atom is -0.464 e. The van der Waals surface area contributed by atoms with Gasteiger partial charge in [0.25, 0.3) is 0 Å². The number of amides is 1. The first-order chi connectivity index (χ1) is 13.7. The van der Waals surface area contributed by atoms with Gasteiger partial charge in [0, 0.05) is 26.3 Å². The summed E-state index contributed by atoms with van der Waals surface area (Å²) in [5, 5.41) is 2.83. The molecule has 1 N–H and O–H groups in total. The first-order valence-electron chi connectivity index (χ1n) is 9.34. The molecule has 1 aromatic carbocycles. The molecule has 8 nitrogen and oxygen atoms in total. The molecule has 0 aliphatic carbocycles. The zero-order valence-electron chi connectivity index (χ0n) is 16.7. The number of esters is 1. The third kappa shape index (κ3) is 4.35. The second kappa shape index (κ2) is 8.38. The molecule has 3 rings (SSSR count). The van der Waals surface area contributed by atoms with Crippen LogP contribution in [-0.2, 0) is 33.1 Å². The van der Waals surface area contributed by atoms with Crippen LogP contribution in [0.15, 0.2) is 41.4 Å². The van der Waals surface area contributed by atoms with Gasteiger partial charge < -0.3 is 14.6 Å². The summed E-state index contributed by atoms with van der Waals surface area (Å²) in [4.78, 5) is 24.5. The van der Waals surface area contributed by atoms with Gasteiger partial charge in [-0.1, -0.05) is 29.8 Å². The molecule has 1 fully saturated rings. The number of benzene rings is 1. The van der Waals surface area contributed by atoms with Crippen LogP contribution in [0.5, 0.6) is 0 Å². The molecule has 1 aliphatic rings. The van der Waals surface area contributed by atoms with Gasteiger partial charge in [-0.25, -0.2) is 13.2 Å². The van der Waals surface area contributed by atoms with E-state index < -0.39 is 22.0 Å². The molecule has 1 aromatic heterocycles. The number of sulfonamides is 1. The quantitative estimate of drug-likeness (QED) is 0.717. The number of nitrogens with zero attached hydrogens (tertiary/aromatic N) is 2. The second-order valence-electron chi connectivity index (χ2n) is 7.14. The van der Waals surface area contributed by atoms with Crippen molar-refractivity contribution in [1.82, 2.24) is 14.2 Å². The molecule has 1 unspecified atom stereocenters. The molecule has 1 atom stereocenters. The lowest BCUT2D eigenvalue weighted by molar-refractivity contribution is -0.124. The maximum absolute atomic E-state index is 13.1. The maximum Gasteiger partial charge on any atom is 0.354 e. The van der Waals surface area contributed by atoms with Gasteiger partial charge in [0.15, 0.2) is 0 Å². The van der Waals surface area contributed by atoms with E-state index in [1.54, 1.807) is 7.05 Å². The van der Waals surface area contributed by atoms with Gasteiger partial charge in [-0.15, -0.1) is 0 Å². The van der Waals surface area contributed by atoms with Gasteiger partial charge in [0.05, 0.1) is 7.11 Å². The number of hydrogen-bond acceptors (Lipinski definition) is 5. The van der Waals surface area contributed by atoms with E-state index in [9.17, 15) is 18.0 Å². The molecular weight excluding hydrogens is 394 g/mol. The number of aryl methyl sites for hydroxylation is 2. The third-order valence-electron chi connectivity index (χ3n) is 5.07. The van der Waals surface area contributed by atoms with E-state index >= 15 is 0 Å². The van der Waals surface area contributed by atoms with Crippen molar-refractivity contribution in [1.29, 1.82) is 0 Å². The number of ether oxygens (including phenoxy) is 1. The topological polar surface area (TPSA) is 97.7 Å². The smallest absolute Gasteiger partial charge is 0.354 e. The lowest BCUT2D eigenvalue weighted by Gasteiger charge is -2.23. The highest BCUT2D eigenvalue weighted by Crippen LogP contribution is 2.27. The first kappa shape index (κ1) is 21.1. The number of aromatic nitrogens is 1. The molecule has 0 bridgehead atoms. The zero-order valence-corrected chi connectivity index (χ0v) is 17.5. The maximum atomic E-state index is 13.1. The van der Waals surface area contributed by atoms with E-state index in [1.807, 2.05) is 31.2 Å². The Morgan fingerprint density at radius 2 is 1.93 bits per heavy atom. The SMILES string of the molecule is COC(=O)c1cc(S(=O)(=O)N2CCCC2C(=O)NCc2ccc(C)cc2)cn1C. The highest BCUT2D eigenvalue weighted by atomic mass is 32.2. The molecule has 9 heteroatoms. The highest BCUT2D eigenvalue weighted by molar-refractivity contribution is 7.89. The van der Waals surface area contributed by atoms with Gasteiger partial charge in [0.1, 0.15) is 16.6 Å². The Hall–Kier alpha value is -2.65. The molecule has 1 aliphatic heterocycles. The van der Waals surface area contributed by atoms with E-state index in [2.05, 4.69) is 10.1 Å². The van der Waals surface area contributed by atoms with Crippen molar-refractivity contribution >= 4 is 21.9 Å². The summed E-state index contributed by atoms with van der Waals surface area (Å²) in [5.41, 5.74) is 2.20. The number of rotatable bonds is 6. The second-order valence-corrected chi connectivity index (χ2v) is 9.03. The van der Waals surface area contributed by atoms with Crippen molar-refractivity contribution in [2.24, 2.45) is 7.05 Å². The Morgan fingerprint density at radius 1 is 1.24 bits per heavy atom. The van der Waals surface area contributed by atoms with E-state index in [-0.39, 0.29) is 23.0 Å². The van der Waals surface area contributed by atoms with Crippen LogP contribution >= 0.6 is 0 Å². The fourth-order valence-electron chi connectivity index (χ4n) is 3.42. The predicted octanol–water partition coefficient (Wildman–Crippen LogP) is 1.59. The Kier molecular flexibility index (Phi) is 6.09. The monoisotopic (exact) mass is 419 g/mol. The third-order valence-corrected chi connectivity index (χ3v) is 6.95. The van der Waals surface area contributed by atoms with Crippen molar-refractivity contribution in [3.63, 3.8) is 0 Å². The number of nitrogens with one attached hydrogen (secondary N) is 1. The summed E-state index contributed by atoms with van der Waals surface area (Å²) in [6, 6.07) is 8.28. The van der Waals surface area contributed by atoms with Crippen LogP contribution in [0.25, 0.3) is 0 Å². The molecular formula is C20H25N3O5S. The van der Waals surface area contributed by atoms with Gasteiger partial charge >= 0.3 is 5.97 Å². The Balaban J connectivity index is 1.76. The summed E-state index contributed by atoms with van der Waals surface area (Å²) in [5.74, 6) is -0.946. The molecule has 0 saturated carbocycles. The van der Waals surface area contributed by atoms with Crippen LogP contribution < -0.4 is 5.32 Å². The Morgan fingerprint density at radius 3 is 2.59 bits per heavy atom. The molecule has 1 amide bonds. The summed E-state index contributed by atoms with van der Waals surface area (Å²) in [6.07, 6.45) is 2.41. The molecule has 156 valence electrons. The summed E-state index contributed by atoms with van der Waals surface area (Å²) in [7, 11) is -1.12. The first-order valence-corrected chi connectivity index (χ1v) is 10.8. The van der Waals surface area contributed by atoms with Crippen molar-refractivity contribution < 1.29 is 22.7 Å². The number of methoxy groups -OCH3 is 1. The van der Waals surface area contributed by atoms with E-state index in [0.29, 0.717) is 19.4 Å². The minimum absolute atomic E-state index is 0.0290. The van der Waals surface area contributed by atoms with Gasteiger partial charge in [0.2, 0.25) is 15.9 Å². The normalized spacial score (nSPS) is 17.3. The Labute approximate surface area is 170 Å². The number of carbonyl (C=O) groups excluding carboxylic acids is 2. The van der Waals surface area contributed by atoms with Gasteiger partial charge in [-0.2, -0.15) is 4.31 Å². The molecule has 2 heterocycles.